The van der Waals surface area contributed by atoms with Gasteiger partial charge in [0.25, 0.3) is 0 Å². The Bertz CT molecular complexity index is 236. The summed E-state index contributed by atoms with van der Waals surface area (Å²) in [6.45, 7) is 0. The number of benzene rings is 1. The van der Waals surface area contributed by atoms with Crippen molar-refractivity contribution in [1.29, 1.82) is 0 Å². The van der Waals surface area contributed by atoms with E-state index in [0.29, 0.717) is 0 Å². The van der Waals surface area contributed by atoms with Gasteiger partial charge in [-0.2, -0.15) is 0 Å². The zero-order chi connectivity index (χ0) is 7.73. The molecular formula is C10H12O. The van der Waals surface area contributed by atoms with E-state index in [9.17, 15) is 5.11 Å². The lowest BCUT2D eigenvalue weighted by atomic mass is 10.1. The Kier molecular flexibility index (Phi) is 1.46. The molecule has 1 aromatic rings. The third-order valence-electron chi connectivity index (χ3n) is 2.20. The molecule has 1 heteroatoms. The van der Waals surface area contributed by atoms with Crippen LogP contribution in [0.1, 0.15) is 18.4 Å². The molecular weight excluding hydrogens is 136 g/mol. The highest BCUT2D eigenvalue weighted by atomic mass is 16.3. The van der Waals surface area contributed by atoms with Crippen LogP contribution in [0.2, 0.25) is 0 Å². The molecule has 58 valence electrons. The van der Waals surface area contributed by atoms with E-state index in [1.807, 2.05) is 18.2 Å². The Balaban J connectivity index is 2.07. The molecule has 1 fully saturated rings. The van der Waals surface area contributed by atoms with Crippen LogP contribution in [0.5, 0.6) is 0 Å². The first-order valence-corrected chi connectivity index (χ1v) is 4.05. The molecule has 0 unspecified atom stereocenters. The fraction of sp³-hybridized carbons (Fsp3) is 0.400. The van der Waals surface area contributed by atoms with Crippen LogP contribution in [0.3, 0.4) is 0 Å². The van der Waals surface area contributed by atoms with E-state index in [0.717, 1.165) is 19.3 Å². The molecule has 0 spiro atoms. The average molecular weight is 148 g/mol. The lowest BCUT2D eigenvalue weighted by Gasteiger charge is -2.05. The van der Waals surface area contributed by atoms with Gasteiger partial charge in [0.1, 0.15) is 0 Å². The Morgan fingerprint density at radius 1 is 1.18 bits per heavy atom. The van der Waals surface area contributed by atoms with Crippen molar-refractivity contribution in [2.24, 2.45) is 0 Å². The quantitative estimate of drug-likeness (QED) is 0.677. The predicted molar refractivity (Wildman–Crippen MR) is 44.3 cm³/mol. The topological polar surface area (TPSA) is 20.2 Å². The Hall–Kier alpha value is -0.820. The third kappa shape index (κ3) is 1.60. The average Bonchev–Trinajstić information content (AvgIpc) is 2.70. The Morgan fingerprint density at radius 3 is 2.36 bits per heavy atom. The summed E-state index contributed by atoms with van der Waals surface area (Å²) in [5.41, 5.74) is 0.897. The summed E-state index contributed by atoms with van der Waals surface area (Å²) in [6.07, 6.45) is 2.78. The van der Waals surface area contributed by atoms with Gasteiger partial charge in [0.05, 0.1) is 5.60 Å². The van der Waals surface area contributed by atoms with Gasteiger partial charge in [-0.15, -0.1) is 0 Å². The fourth-order valence-corrected chi connectivity index (χ4v) is 1.30. The van der Waals surface area contributed by atoms with Crippen LogP contribution in [0.15, 0.2) is 30.3 Å². The number of rotatable bonds is 2. The van der Waals surface area contributed by atoms with E-state index in [4.69, 9.17) is 0 Å². The molecule has 2 rings (SSSR count). The normalized spacial score (nSPS) is 19.7. The van der Waals surface area contributed by atoms with Crippen molar-refractivity contribution in [3.63, 3.8) is 0 Å². The van der Waals surface area contributed by atoms with Gasteiger partial charge in [0, 0.05) is 6.42 Å². The lowest BCUT2D eigenvalue weighted by molar-refractivity contribution is 0.151. The minimum Gasteiger partial charge on any atom is -0.390 e. The molecule has 1 saturated carbocycles. The largest absolute Gasteiger partial charge is 0.390 e. The molecule has 1 nitrogen and oxygen atoms in total. The van der Waals surface area contributed by atoms with Crippen LogP contribution < -0.4 is 0 Å². The van der Waals surface area contributed by atoms with Crippen LogP contribution in [0.25, 0.3) is 0 Å². The lowest BCUT2D eigenvalue weighted by Crippen LogP contribution is -2.10. The Labute approximate surface area is 66.7 Å². The van der Waals surface area contributed by atoms with Crippen molar-refractivity contribution in [1.82, 2.24) is 0 Å². The maximum atomic E-state index is 9.58. The second kappa shape index (κ2) is 2.35. The zero-order valence-electron chi connectivity index (χ0n) is 6.46. The number of hydrogen-bond acceptors (Lipinski definition) is 1. The summed E-state index contributed by atoms with van der Waals surface area (Å²) in [5.74, 6) is 0. The van der Waals surface area contributed by atoms with Crippen LogP contribution >= 0.6 is 0 Å². The first kappa shape index (κ1) is 6.86. The van der Waals surface area contributed by atoms with Gasteiger partial charge in [0.15, 0.2) is 0 Å². The number of aliphatic hydroxyl groups is 1. The van der Waals surface area contributed by atoms with E-state index in [-0.39, 0.29) is 5.60 Å². The summed E-state index contributed by atoms with van der Waals surface area (Å²) >= 11 is 0. The number of hydrogen-bond donors (Lipinski definition) is 1. The van der Waals surface area contributed by atoms with Crippen LogP contribution in [0.4, 0.5) is 0 Å². The van der Waals surface area contributed by atoms with Crippen molar-refractivity contribution in [3.8, 4) is 0 Å². The molecule has 0 saturated heterocycles. The molecule has 0 atom stereocenters. The predicted octanol–water partition coefficient (Wildman–Crippen LogP) is 1.75. The van der Waals surface area contributed by atoms with E-state index in [1.54, 1.807) is 0 Å². The van der Waals surface area contributed by atoms with Gasteiger partial charge >= 0.3 is 0 Å². The molecule has 0 radical (unpaired) electrons. The van der Waals surface area contributed by atoms with E-state index < -0.39 is 0 Å². The highest BCUT2D eigenvalue weighted by molar-refractivity contribution is 5.19. The van der Waals surface area contributed by atoms with Crippen molar-refractivity contribution in [2.75, 3.05) is 0 Å². The maximum absolute atomic E-state index is 9.58. The molecule has 0 amide bonds. The maximum Gasteiger partial charge on any atom is 0.0690 e. The van der Waals surface area contributed by atoms with Crippen molar-refractivity contribution in [2.45, 2.75) is 24.9 Å². The highest BCUT2D eigenvalue weighted by Gasteiger charge is 2.39. The zero-order valence-corrected chi connectivity index (χ0v) is 6.46. The van der Waals surface area contributed by atoms with E-state index in [1.165, 1.54) is 5.56 Å². The molecule has 11 heavy (non-hydrogen) atoms. The molecule has 0 heterocycles. The highest BCUT2D eigenvalue weighted by Crippen LogP contribution is 2.37. The molecule has 1 aliphatic carbocycles. The van der Waals surface area contributed by atoms with Crippen molar-refractivity contribution >= 4 is 0 Å². The molecule has 1 N–H and O–H groups in total. The molecule has 0 aromatic heterocycles. The van der Waals surface area contributed by atoms with Gasteiger partial charge in [-0.25, -0.2) is 0 Å². The Morgan fingerprint density at radius 2 is 1.82 bits per heavy atom. The molecule has 0 aliphatic heterocycles. The van der Waals surface area contributed by atoms with Gasteiger partial charge in [-0.1, -0.05) is 30.3 Å². The van der Waals surface area contributed by atoms with Gasteiger partial charge in [-0.3, -0.25) is 0 Å². The van der Waals surface area contributed by atoms with E-state index >= 15 is 0 Å². The van der Waals surface area contributed by atoms with Crippen LogP contribution in [0, 0.1) is 0 Å². The summed E-state index contributed by atoms with van der Waals surface area (Å²) in [5, 5.41) is 9.58. The minimum atomic E-state index is -0.346. The summed E-state index contributed by atoms with van der Waals surface area (Å²) < 4.78 is 0. The van der Waals surface area contributed by atoms with E-state index in [2.05, 4.69) is 12.1 Å². The standard InChI is InChI=1S/C10H12O/c11-10(6-7-10)8-9-4-2-1-3-5-9/h1-5,11H,6-8H2. The SMILES string of the molecule is OC1(Cc2ccccc2)CC1. The first-order valence-electron chi connectivity index (χ1n) is 4.05. The second-order valence-electron chi connectivity index (χ2n) is 3.39. The summed E-state index contributed by atoms with van der Waals surface area (Å²) in [6, 6.07) is 10.2. The first-order chi connectivity index (χ1) is 5.29. The monoisotopic (exact) mass is 148 g/mol. The summed E-state index contributed by atoms with van der Waals surface area (Å²) in [4.78, 5) is 0. The minimum absolute atomic E-state index is 0.346. The van der Waals surface area contributed by atoms with Gasteiger partial charge in [0.2, 0.25) is 0 Å². The van der Waals surface area contributed by atoms with Crippen molar-refractivity contribution in [3.05, 3.63) is 35.9 Å². The van der Waals surface area contributed by atoms with Crippen LogP contribution in [-0.4, -0.2) is 10.7 Å². The molecule has 0 bridgehead atoms. The molecule has 1 aromatic carbocycles. The van der Waals surface area contributed by atoms with Crippen LogP contribution in [-0.2, 0) is 6.42 Å². The third-order valence-corrected chi connectivity index (χ3v) is 2.20. The second-order valence-corrected chi connectivity index (χ2v) is 3.39. The van der Waals surface area contributed by atoms with Gasteiger partial charge in [-0.05, 0) is 18.4 Å². The fourth-order valence-electron chi connectivity index (χ4n) is 1.30. The smallest absolute Gasteiger partial charge is 0.0690 e. The van der Waals surface area contributed by atoms with Gasteiger partial charge < -0.3 is 5.11 Å². The summed E-state index contributed by atoms with van der Waals surface area (Å²) in [7, 11) is 0. The molecule has 1 aliphatic rings. The van der Waals surface area contributed by atoms with Crippen molar-refractivity contribution < 1.29 is 5.11 Å².